The van der Waals surface area contributed by atoms with Gasteiger partial charge in [-0.1, -0.05) is 39.4 Å². The number of amides is 2. The second-order valence-corrected chi connectivity index (χ2v) is 12.0. The first-order valence-corrected chi connectivity index (χ1v) is 14.1. The van der Waals surface area contributed by atoms with Gasteiger partial charge in [0, 0.05) is 17.7 Å². The number of aliphatic carboxylic acids is 1. The van der Waals surface area contributed by atoms with Crippen molar-refractivity contribution in [3.05, 3.63) is 37.4 Å². The zero-order valence-corrected chi connectivity index (χ0v) is 22.2. The topological polar surface area (TPSA) is 154 Å². The van der Waals surface area contributed by atoms with Crippen LogP contribution in [0, 0.1) is 0 Å². The average molecular weight is 569 g/mol. The molecule has 15 heteroatoms. The van der Waals surface area contributed by atoms with E-state index in [1.165, 1.54) is 34.3 Å². The Morgan fingerprint density at radius 2 is 2.19 bits per heavy atom. The van der Waals surface area contributed by atoms with Gasteiger partial charge in [-0.2, -0.15) is 4.57 Å². The van der Waals surface area contributed by atoms with Crippen LogP contribution in [0.25, 0.3) is 0 Å². The van der Waals surface area contributed by atoms with Gasteiger partial charge in [-0.15, -0.1) is 11.8 Å². The molecule has 1 fully saturated rings. The van der Waals surface area contributed by atoms with Crippen LogP contribution >= 0.6 is 46.0 Å². The van der Waals surface area contributed by atoms with Gasteiger partial charge >= 0.3 is 0 Å². The Morgan fingerprint density at radius 3 is 2.89 bits per heavy atom. The zero-order chi connectivity index (χ0) is 25.6. The Bertz CT molecular complexity index is 1320. The van der Waals surface area contributed by atoms with Crippen LogP contribution in [-0.4, -0.2) is 57.7 Å². The lowest BCUT2D eigenvalue weighted by atomic mass is 10.0. The van der Waals surface area contributed by atoms with E-state index in [2.05, 4.69) is 20.0 Å². The normalized spacial score (nSPS) is 21.6. The van der Waals surface area contributed by atoms with Crippen molar-refractivity contribution < 1.29 is 28.9 Å². The summed E-state index contributed by atoms with van der Waals surface area (Å²) in [5.74, 6) is -2.32. The number of halogens is 1. The molecule has 0 aromatic carbocycles. The Morgan fingerprint density at radius 1 is 1.42 bits per heavy atom. The third-order valence-electron chi connectivity index (χ3n) is 6.17. The van der Waals surface area contributed by atoms with E-state index in [4.69, 9.17) is 22.2 Å². The summed E-state index contributed by atoms with van der Waals surface area (Å²) in [6.07, 6.45) is 4.26. The molecule has 11 nitrogen and oxygen atoms in total. The minimum atomic E-state index is -1.41. The standard InChI is InChI=1S/C21H21ClN6O5S3/c1-33-26-13(12-16(22)36-21(23)25-12)17(29)24-14-18(30)28-15(20(31)32)9(7-34-19(14)28)6-27-8-35-11-5-3-2-4-10(11)27/h8,14,19H,2-7H2,1H3,(H3-,23,24,25,29,31,32)/b26-13-/t14-,19-/m1/s1. The quantitative estimate of drug-likeness (QED) is 0.206. The van der Waals surface area contributed by atoms with Crippen LogP contribution in [0.1, 0.15) is 29.1 Å². The second-order valence-electron chi connectivity index (χ2n) is 8.33. The number of hydrogen-bond donors (Lipinski definition) is 2. The second kappa shape index (κ2) is 10.00. The molecule has 1 saturated heterocycles. The van der Waals surface area contributed by atoms with Crippen molar-refractivity contribution in [2.75, 3.05) is 18.6 Å². The van der Waals surface area contributed by atoms with Gasteiger partial charge in [-0.3, -0.25) is 14.5 Å². The lowest BCUT2D eigenvalue weighted by molar-refractivity contribution is -0.692. The average Bonchev–Trinajstić information content (AvgIpc) is 3.42. The van der Waals surface area contributed by atoms with Gasteiger partial charge < -0.3 is 25.8 Å². The summed E-state index contributed by atoms with van der Waals surface area (Å²) in [4.78, 5) is 49.4. The van der Waals surface area contributed by atoms with Crippen molar-refractivity contribution in [3.8, 4) is 0 Å². The van der Waals surface area contributed by atoms with Crippen molar-refractivity contribution in [2.24, 2.45) is 5.16 Å². The predicted octanol–water partition coefficient (Wildman–Crippen LogP) is 0.0611. The first kappa shape index (κ1) is 25.0. The maximum Gasteiger partial charge on any atom is 0.276 e. The molecule has 2 aromatic rings. The van der Waals surface area contributed by atoms with Crippen molar-refractivity contribution in [3.63, 3.8) is 0 Å². The highest BCUT2D eigenvalue weighted by Gasteiger charge is 2.53. The number of thiazole rings is 2. The van der Waals surface area contributed by atoms with Gasteiger partial charge in [-0.05, 0) is 19.3 Å². The first-order chi connectivity index (χ1) is 17.3. The number of carboxylic acid groups (broad SMARTS) is 1. The minimum Gasteiger partial charge on any atom is -0.543 e. The van der Waals surface area contributed by atoms with Crippen LogP contribution in [-0.2, 0) is 38.6 Å². The number of carbonyl (C=O) groups excluding carboxylic acids is 3. The molecule has 0 bridgehead atoms. The zero-order valence-electron chi connectivity index (χ0n) is 19.0. The number of hydrogen-bond acceptors (Lipinski definition) is 11. The van der Waals surface area contributed by atoms with Crippen LogP contribution in [0.3, 0.4) is 0 Å². The molecule has 5 rings (SSSR count). The lowest BCUT2D eigenvalue weighted by Crippen LogP contribution is -2.71. The number of nitrogens with zero attached hydrogens (tertiary/aromatic N) is 4. The maximum absolute atomic E-state index is 13.1. The summed E-state index contributed by atoms with van der Waals surface area (Å²) in [6, 6.07) is -0.961. The molecule has 0 saturated carbocycles. The van der Waals surface area contributed by atoms with E-state index in [1.54, 1.807) is 11.3 Å². The van der Waals surface area contributed by atoms with Gasteiger partial charge in [0.15, 0.2) is 23.1 Å². The van der Waals surface area contributed by atoms with E-state index in [9.17, 15) is 19.5 Å². The number of oxime groups is 1. The molecule has 4 heterocycles. The highest BCUT2D eigenvalue weighted by molar-refractivity contribution is 8.00. The molecule has 0 radical (unpaired) electrons. The Balaban J connectivity index is 1.36. The van der Waals surface area contributed by atoms with E-state index >= 15 is 0 Å². The third kappa shape index (κ3) is 4.35. The van der Waals surface area contributed by atoms with E-state index in [0.29, 0.717) is 17.9 Å². The van der Waals surface area contributed by atoms with E-state index in [0.717, 1.165) is 37.0 Å². The van der Waals surface area contributed by atoms with Gasteiger partial charge in [0.1, 0.15) is 28.6 Å². The number of β-lactam (4-membered cyclic amide) rings is 1. The largest absolute Gasteiger partial charge is 0.543 e. The smallest absolute Gasteiger partial charge is 0.276 e. The molecule has 3 N–H and O–H groups in total. The molecule has 36 heavy (non-hydrogen) atoms. The molecule has 2 aliphatic heterocycles. The number of aromatic nitrogens is 2. The predicted molar refractivity (Wildman–Crippen MR) is 133 cm³/mol. The van der Waals surface area contributed by atoms with Gasteiger partial charge in [0.05, 0.1) is 16.5 Å². The van der Waals surface area contributed by atoms with Gasteiger partial charge in [0.25, 0.3) is 11.8 Å². The molecule has 1 aliphatic carbocycles. The highest BCUT2D eigenvalue weighted by atomic mass is 35.5. The summed E-state index contributed by atoms with van der Waals surface area (Å²) in [5, 5.41) is 18.0. The van der Waals surface area contributed by atoms with Crippen molar-refractivity contribution in [1.82, 2.24) is 15.2 Å². The number of carboxylic acids is 1. The summed E-state index contributed by atoms with van der Waals surface area (Å²) < 4.78 is 2.23. The molecule has 0 spiro atoms. The number of nitrogens with two attached hydrogens (primary N) is 1. The molecular weight excluding hydrogens is 548 g/mol. The molecular formula is C21H21ClN6O5S3. The Labute approximate surface area is 223 Å². The van der Waals surface area contributed by atoms with Crippen molar-refractivity contribution in [2.45, 2.75) is 43.6 Å². The summed E-state index contributed by atoms with van der Waals surface area (Å²) in [5.41, 5.74) is 9.19. The fraction of sp³-hybridized carbons (Fsp3) is 0.429. The van der Waals surface area contributed by atoms with Gasteiger partial charge in [0.2, 0.25) is 5.51 Å². The summed E-state index contributed by atoms with van der Waals surface area (Å²) in [7, 11) is 1.26. The Hall–Kier alpha value is -2.68. The third-order valence-corrected chi connectivity index (χ3v) is 9.68. The number of nitrogens with one attached hydrogen (secondary N) is 1. The SMILES string of the molecule is CO/N=C(\C(=O)N[C@@H]1C(=O)N2C(C(=O)[O-])=C(C[n+]3csc4c3CCCC4)CS[C@H]12)c1nc(N)sc1Cl. The summed E-state index contributed by atoms with van der Waals surface area (Å²) >= 11 is 10.1. The fourth-order valence-corrected chi connectivity index (χ4v) is 7.91. The number of thioether (sulfide) groups is 1. The number of fused-ring (bicyclic) bond motifs is 2. The van der Waals surface area contributed by atoms with E-state index in [-0.39, 0.29) is 26.6 Å². The monoisotopic (exact) mass is 568 g/mol. The van der Waals surface area contributed by atoms with Crippen LogP contribution in [0.2, 0.25) is 4.34 Å². The van der Waals surface area contributed by atoms with Crippen LogP contribution in [0.4, 0.5) is 5.13 Å². The van der Waals surface area contributed by atoms with E-state index < -0.39 is 29.2 Å². The minimum absolute atomic E-state index is 0.0344. The molecule has 190 valence electrons. The molecule has 2 amide bonds. The van der Waals surface area contributed by atoms with Crippen LogP contribution < -0.4 is 20.7 Å². The van der Waals surface area contributed by atoms with Crippen LogP contribution in [0.15, 0.2) is 21.9 Å². The van der Waals surface area contributed by atoms with Gasteiger partial charge in [-0.25, -0.2) is 4.98 Å². The van der Waals surface area contributed by atoms with Crippen molar-refractivity contribution in [1.29, 1.82) is 0 Å². The summed E-state index contributed by atoms with van der Waals surface area (Å²) in [6.45, 7) is 0.379. The van der Waals surface area contributed by atoms with Crippen molar-refractivity contribution >= 4 is 74.7 Å². The van der Waals surface area contributed by atoms with E-state index in [1.807, 2.05) is 5.51 Å². The fourth-order valence-electron chi connectivity index (χ4n) is 4.57. The highest BCUT2D eigenvalue weighted by Crippen LogP contribution is 2.40. The first-order valence-electron chi connectivity index (χ1n) is 11.0. The number of aryl methyl sites for hydroxylation is 1. The number of rotatable bonds is 7. The Kier molecular flexibility index (Phi) is 6.94. The van der Waals surface area contributed by atoms with Crippen LogP contribution in [0.5, 0.6) is 0 Å². The lowest BCUT2D eigenvalue weighted by Gasteiger charge is -2.50. The molecule has 0 unspecified atom stereocenters. The maximum atomic E-state index is 13.1. The number of anilines is 1. The molecule has 2 atom stereocenters. The molecule has 2 aromatic heterocycles. The number of nitrogen functional groups attached to an aromatic ring is 1. The number of carbonyl (C=O) groups is 3. The molecule has 3 aliphatic rings.